The van der Waals surface area contributed by atoms with Crippen LogP contribution in [0.2, 0.25) is 0 Å². The Morgan fingerprint density at radius 3 is 2.89 bits per heavy atom. The van der Waals surface area contributed by atoms with Crippen LogP contribution in [0, 0.1) is 12.8 Å². The molecule has 0 aliphatic carbocycles. The molecule has 0 amide bonds. The number of hydrogen-bond acceptors (Lipinski definition) is 2. The van der Waals surface area contributed by atoms with E-state index in [2.05, 4.69) is 30.3 Å². The predicted molar refractivity (Wildman–Crippen MR) is 76.1 cm³/mol. The zero-order chi connectivity index (χ0) is 13.1. The molecule has 2 heterocycles. The lowest BCUT2D eigenvalue weighted by molar-refractivity contribution is 0.465. The summed E-state index contributed by atoms with van der Waals surface area (Å²) in [6.07, 6.45) is 3.82. The minimum Gasteiger partial charge on any atom is -0.312 e. The minimum absolute atomic E-state index is 0.600. The fraction of sp³-hybridized carbons (Fsp3) is 0.571. The molecule has 0 spiro atoms. The van der Waals surface area contributed by atoms with E-state index in [1.54, 1.807) is 0 Å². The normalized spacial score (nSPS) is 13.1. The third-order valence-electron chi connectivity index (χ3n) is 3.42. The van der Waals surface area contributed by atoms with Crippen molar-refractivity contribution in [2.75, 3.05) is 5.88 Å². The number of aromatic nitrogens is 3. The second-order valence-corrected chi connectivity index (χ2v) is 5.27. The van der Waals surface area contributed by atoms with Crippen molar-refractivity contribution >= 4 is 22.8 Å². The average molecular weight is 266 g/mol. The van der Waals surface area contributed by atoms with Crippen LogP contribution in [0.4, 0.5) is 0 Å². The number of rotatable bonds is 5. The van der Waals surface area contributed by atoms with Crippen LogP contribution in [-0.2, 0) is 13.0 Å². The van der Waals surface area contributed by atoms with Crippen LogP contribution in [0.25, 0.3) is 11.2 Å². The Labute approximate surface area is 113 Å². The summed E-state index contributed by atoms with van der Waals surface area (Å²) in [5.74, 6) is 2.28. The molecule has 0 aromatic carbocycles. The lowest BCUT2D eigenvalue weighted by atomic mass is 10.1. The van der Waals surface area contributed by atoms with Gasteiger partial charge in [-0.15, -0.1) is 11.6 Å². The summed E-state index contributed by atoms with van der Waals surface area (Å²) >= 11 is 5.87. The van der Waals surface area contributed by atoms with Crippen molar-refractivity contribution in [1.82, 2.24) is 14.5 Å². The number of hydrogen-bond donors (Lipinski definition) is 0. The van der Waals surface area contributed by atoms with Crippen molar-refractivity contribution in [3.05, 3.63) is 23.7 Å². The van der Waals surface area contributed by atoms with E-state index in [1.807, 2.05) is 12.3 Å². The van der Waals surface area contributed by atoms with Crippen LogP contribution in [0.3, 0.4) is 0 Å². The third-order valence-corrected chi connectivity index (χ3v) is 3.61. The van der Waals surface area contributed by atoms with Crippen LogP contribution in [0.5, 0.6) is 0 Å². The van der Waals surface area contributed by atoms with Crippen LogP contribution in [0.15, 0.2) is 12.3 Å². The van der Waals surface area contributed by atoms with Crippen LogP contribution < -0.4 is 0 Å². The summed E-state index contributed by atoms with van der Waals surface area (Å²) in [6, 6.07) is 2.01. The smallest absolute Gasteiger partial charge is 0.160 e. The van der Waals surface area contributed by atoms with E-state index in [9.17, 15) is 0 Å². The standard InChI is InChI=1S/C14H20ClN3/c1-4-10(2)9-18-12(5-7-15)17-13-11(3)6-8-16-14(13)18/h6,8,10H,4-5,7,9H2,1-3H3. The number of aryl methyl sites for hydroxylation is 2. The summed E-state index contributed by atoms with van der Waals surface area (Å²) in [5.41, 5.74) is 3.19. The Balaban J connectivity index is 2.52. The van der Waals surface area contributed by atoms with Crippen molar-refractivity contribution in [1.29, 1.82) is 0 Å². The van der Waals surface area contributed by atoms with Crippen molar-refractivity contribution in [3.8, 4) is 0 Å². The second-order valence-electron chi connectivity index (χ2n) is 4.89. The average Bonchev–Trinajstić information content (AvgIpc) is 2.70. The molecule has 0 aliphatic rings. The van der Waals surface area contributed by atoms with Crippen molar-refractivity contribution in [3.63, 3.8) is 0 Å². The molecule has 0 N–H and O–H groups in total. The minimum atomic E-state index is 0.600. The molecule has 1 unspecified atom stereocenters. The maximum atomic E-state index is 5.87. The molecule has 2 aromatic heterocycles. The molecule has 2 aromatic rings. The first-order valence-electron chi connectivity index (χ1n) is 6.54. The van der Waals surface area contributed by atoms with Crippen LogP contribution in [0.1, 0.15) is 31.7 Å². The fourth-order valence-electron chi connectivity index (χ4n) is 2.09. The number of pyridine rings is 1. The molecule has 4 heteroatoms. The van der Waals surface area contributed by atoms with Gasteiger partial charge in [0.1, 0.15) is 11.3 Å². The first-order valence-corrected chi connectivity index (χ1v) is 7.07. The summed E-state index contributed by atoms with van der Waals surface area (Å²) in [7, 11) is 0. The van der Waals surface area contributed by atoms with Crippen molar-refractivity contribution in [2.45, 2.75) is 40.2 Å². The van der Waals surface area contributed by atoms with Gasteiger partial charge >= 0.3 is 0 Å². The van der Waals surface area contributed by atoms with E-state index in [-0.39, 0.29) is 0 Å². The van der Waals surface area contributed by atoms with E-state index >= 15 is 0 Å². The largest absolute Gasteiger partial charge is 0.312 e. The lowest BCUT2D eigenvalue weighted by Crippen LogP contribution is -2.11. The van der Waals surface area contributed by atoms with Crippen molar-refractivity contribution in [2.24, 2.45) is 5.92 Å². The molecule has 0 radical (unpaired) electrons. The molecule has 98 valence electrons. The Hall–Kier alpha value is -1.09. The van der Waals surface area contributed by atoms with Gasteiger partial charge in [-0.1, -0.05) is 20.3 Å². The predicted octanol–water partition coefficient (Wildman–Crippen LogP) is 3.57. The SMILES string of the molecule is CCC(C)Cn1c(CCCl)nc2c(C)ccnc21. The summed E-state index contributed by atoms with van der Waals surface area (Å²) in [5, 5.41) is 0. The van der Waals surface area contributed by atoms with Gasteiger partial charge < -0.3 is 4.57 Å². The highest BCUT2D eigenvalue weighted by Gasteiger charge is 2.14. The van der Waals surface area contributed by atoms with Crippen molar-refractivity contribution < 1.29 is 0 Å². The van der Waals surface area contributed by atoms with Gasteiger partial charge in [-0.05, 0) is 24.5 Å². The van der Waals surface area contributed by atoms with Gasteiger partial charge in [0, 0.05) is 25.0 Å². The van der Waals surface area contributed by atoms with Crippen LogP contribution >= 0.6 is 11.6 Å². The van der Waals surface area contributed by atoms with E-state index in [0.717, 1.165) is 36.4 Å². The third kappa shape index (κ3) is 2.51. The Morgan fingerprint density at radius 1 is 1.44 bits per heavy atom. The Bertz CT molecular complexity index is 533. The first kappa shape index (κ1) is 13.3. The maximum absolute atomic E-state index is 5.87. The first-order chi connectivity index (χ1) is 8.67. The number of nitrogens with zero attached hydrogens (tertiary/aromatic N) is 3. The lowest BCUT2D eigenvalue weighted by Gasteiger charge is -2.12. The Kier molecular flexibility index (Phi) is 4.23. The van der Waals surface area contributed by atoms with Gasteiger partial charge in [0.05, 0.1) is 0 Å². The number of alkyl halides is 1. The summed E-state index contributed by atoms with van der Waals surface area (Å²) in [6.45, 7) is 7.51. The van der Waals surface area contributed by atoms with Gasteiger partial charge in [-0.25, -0.2) is 9.97 Å². The monoisotopic (exact) mass is 265 g/mol. The fourth-order valence-corrected chi connectivity index (χ4v) is 2.26. The molecular formula is C14H20ClN3. The highest BCUT2D eigenvalue weighted by Crippen LogP contribution is 2.20. The van der Waals surface area contributed by atoms with Gasteiger partial charge in [-0.3, -0.25) is 0 Å². The van der Waals surface area contributed by atoms with Gasteiger partial charge in [-0.2, -0.15) is 0 Å². The zero-order valence-electron chi connectivity index (χ0n) is 11.3. The van der Waals surface area contributed by atoms with E-state index in [4.69, 9.17) is 16.6 Å². The van der Waals surface area contributed by atoms with Gasteiger partial charge in [0.25, 0.3) is 0 Å². The number of fused-ring (bicyclic) bond motifs is 1. The van der Waals surface area contributed by atoms with Gasteiger partial charge in [0.15, 0.2) is 5.65 Å². The maximum Gasteiger partial charge on any atom is 0.160 e. The topological polar surface area (TPSA) is 30.7 Å². The molecule has 3 nitrogen and oxygen atoms in total. The number of halogens is 1. The molecule has 0 aliphatic heterocycles. The molecule has 2 rings (SSSR count). The molecule has 0 saturated heterocycles. The van der Waals surface area contributed by atoms with E-state index in [1.165, 1.54) is 5.56 Å². The Morgan fingerprint density at radius 2 is 2.22 bits per heavy atom. The molecule has 0 saturated carbocycles. The highest BCUT2D eigenvalue weighted by molar-refractivity contribution is 6.17. The van der Waals surface area contributed by atoms with E-state index in [0.29, 0.717) is 11.8 Å². The molecule has 0 bridgehead atoms. The van der Waals surface area contributed by atoms with Gasteiger partial charge in [0.2, 0.25) is 0 Å². The second kappa shape index (κ2) is 5.70. The molecular weight excluding hydrogens is 246 g/mol. The van der Waals surface area contributed by atoms with Crippen LogP contribution in [-0.4, -0.2) is 20.4 Å². The molecule has 1 atom stereocenters. The number of imidazole rings is 1. The highest BCUT2D eigenvalue weighted by atomic mass is 35.5. The molecule has 0 fully saturated rings. The summed E-state index contributed by atoms with van der Waals surface area (Å²) in [4.78, 5) is 9.19. The van der Waals surface area contributed by atoms with E-state index < -0.39 is 0 Å². The zero-order valence-corrected chi connectivity index (χ0v) is 12.0. The quantitative estimate of drug-likeness (QED) is 0.774. The summed E-state index contributed by atoms with van der Waals surface area (Å²) < 4.78 is 2.24. The molecule has 18 heavy (non-hydrogen) atoms.